The van der Waals surface area contributed by atoms with Gasteiger partial charge in [0.15, 0.2) is 11.9 Å². The third-order valence-electron chi connectivity index (χ3n) is 2.23. The van der Waals surface area contributed by atoms with Crippen molar-refractivity contribution in [2.45, 2.75) is 19.1 Å². The van der Waals surface area contributed by atoms with E-state index in [1.807, 2.05) is 37.3 Å². The molecule has 0 radical (unpaired) electrons. The van der Waals surface area contributed by atoms with Gasteiger partial charge < -0.3 is 4.74 Å². The molecule has 0 bridgehead atoms. The summed E-state index contributed by atoms with van der Waals surface area (Å²) < 4.78 is 5.32. The zero-order valence-electron chi connectivity index (χ0n) is 8.01. The second kappa shape index (κ2) is 3.76. The summed E-state index contributed by atoms with van der Waals surface area (Å²) in [4.78, 5) is 11.4. The van der Waals surface area contributed by atoms with Crippen LogP contribution >= 0.6 is 0 Å². The third-order valence-corrected chi connectivity index (χ3v) is 2.23. The van der Waals surface area contributed by atoms with Crippen molar-refractivity contribution in [3.63, 3.8) is 0 Å². The number of hydrogen-bond donors (Lipinski definition) is 0. The van der Waals surface area contributed by atoms with Crippen LogP contribution in [0, 0.1) is 0 Å². The molecule has 1 aromatic rings. The van der Waals surface area contributed by atoms with E-state index in [0.717, 1.165) is 5.56 Å². The van der Waals surface area contributed by atoms with Crippen LogP contribution in [0.4, 0.5) is 0 Å². The van der Waals surface area contributed by atoms with Gasteiger partial charge in [0.25, 0.3) is 0 Å². The lowest BCUT2D eigenvalue weighted by Crippen LogP contribution is -2.02. The Kier molecular flexibility index (Phi) is 2.46. The maximum absolute atomic E-state index is 11.4. The number of carbonyl (C=O) groups is 1. The fourth-order valence-electron chi connectivity index (χ4n) is 1.48. The molecular formula is C12H12O2. The molecule has 1 aliphatic rings. The lowest BCUT2D eigenvalue weighted by Gasteiger charge is -1.92. The number of hydrogen-bond acceptors (Lipinski definition) is 2. The number of rotatable bonds is 3. The van der Waals surface area contributed by atoms with Crippen LogP contribution in [0.15, 0.2) is 42.5 Å². The number of epoxide rings is 1. The first kappa shape index (κ1) is 9.16. The molecule has 2 rings (SSSR count). The van der Waals surface area contributed by atoms with Crippen molar-refractivity contribution in [1.29, 1.82) is 0 Å². The minimum Gasteiger partial charge on any atom is -0.356 e. The van der Waals surface area contributed by atoms with Crippen LogP contribution in [0.1, 0.15) is 18.6 Å². The van der Waals surface area contributed by atoms with Crippen LogP contribution in [0.25, 0.3) is 0 Å². The van der Waals surface area contributed by atoms with Gasteiger partial charge in [-0.15, -0.1) is 0 Å². The van der Waals surface area contributed by atoms with Gasteiger partial charge in [-0.25, -0.2) is 0 Å². The molecule has 2 nitrogen and oxygen atoms in total. The number of allylic oxidation sites excluding steroid dienone is 1. The van der Waals surface area contributed by atoms with Crippen molar-refractivity contribution in [3.8, 4) is 0 Å². The molecule has 0 aromatic heterocycles. The van der Waals surface area contributed by atoms with Gasteiger partial charge in [-0.3, -0.25) is 4.79 Å². The lowest BCUT2D eigenvalue weighted by atomic mass is 10.1. The average Bonchev–Trinajstić information content (AvgIpc) is 2.99. The number of carbonyl (C=O) groups excluding carboxylic acids is 1. The predicted octanol–water partition coefficient (Wildman–Crippen LogP) is 2.27. The van der Waals surface area contributed by atoms with E-state index in [1.165, 1.54) is 0 Å². The zero-order chi connectivity index (χ0) is 9.97. The summed E-state index contributed by atoms with van der Waals surface area (Å²) >= 11 is 0. The number of ether oxygens (including phenoxy) is 1. The minimum atomic E-state index is -0.256. The first-order valence-corrected chi connectivity index (χ1v) is 4.70. The van der Waals surface area contributed by atoms with Crippen molar-refractivity contribution < 1.29 is 9.53 Å². The van der Waals surface area contributed by atoms with E-state index in [1.54, 1.807) is 12.2 Å². The van der Waals surface area contributed by atoms with Crippen LogP contribution in [0.2, 0.25) is 0 Å². The van der Waals surface area contributed by atoms with Gasteiger partial charge in [0.05, 0.1) is 0 Å². The van der Waals surface area contributed by atoms with Crippen LogP contribution in [0.5, 0.6) is 0 Å². The summed E-state index contributed by atoms with van der Waals surface area (Å²) in [5.41, 5.74) is 1.08. The topological polar surface area (TPSA) is 29.6 Å². The van der Waals surface area contributed by atoms with Crippen molar-refractivity contribution in [2.75, 3.05) is 0 Å². The summed E-state index contributed by atoms with van der Waals surface area (Å²) in [7, 11) is 0. The van der Waals surface area contributed by atoms with Gasteiger partial charge >= 0.3 is 0 Å². The number of ketones is 1. The van der Waals surface area contributed by atoms with Crippen LogP contribution < -0.4 is 0 Å². The summed E-state index contributed by atoms with van der Waals surface area (Å²) in [6.07, 6.45) is 3.02. The molecule has 0 saturated carbocycles. The van der Waals surface area contributed by atoms with Crippen molar-refractivity contribution in [1.82, 2.24) is 0 Å². The second-order valence-corrected chi connectivity index (χ2v) is 3.29. The van der Waals surface area contributed by atoms with E-state index in [-0.39, 0.29) is 18.0 Å². The third kappa shape index (κ3) is 1.75. The molecule has 72 valence electrons. The van der Waals surface area contributed by atoms with Crippen molar-refractivity contribution in [3.05, 3.63) is 48.0 Å². The first-order chi connectivity index (χ1) is 6.83. The highest BCUT2D eigenvalue weighted by molar-refractivity contribution is 5.95. The predicted molar refractivity (Wildman–Crippen MR) is 53.9 cm³/mol. The molecule has 1 fully saturated rings. The molecule has 0 aliphatic carbocycles. The summed E-state index contributed by atoms with van der Waals surface area (Å²) in [6, 6.07) is 9.82. The smallest absolute Gasteiger partial charge is 0.187 e. The van der Waals surface area contributed by atoms with Crippen LogP contribution in [0.3, 0.4) is 0 Å². The van der Waals surface area contributed by atoms with Crippen molar-refractivity contribution >= 4 is 5.78 Å². The van der Waals surface area contributed by atoms with Gasteiger partial charge in [0.2, 0.25) is 0 Å². The van der Waals surface area contributed by atoms with Gasteiger partial charge in [0, 0.05) is 0 Å². The van der Waals surface area contributed by atoms with Gasteiger partial charge in [-0.1, -0.05) is 36.4 Å². The van der Waals surface area contributed by atoms with Gasteiger partial charge in [-0.05, 0) is 18.6 Å². The monoisotopic (exact) mass is 188 g/mol. The first-order valence-electron chi connectivity index (χ1n) is 4.70. The Morgan fingerprint density at radius 1 is 1.36 bits per heavy atom. The second-order valence-electron chi connectivity index (χ2n) is 3.29. The lowest BCUT2D eigenvalue weighted by molar-refractivity contribution is -0.115. The van der Waals surface area contributed by atoms with Gasteiger partial charge in [-0.2, -0.15) is 0 Å². The molecule has 0 spiro atoms. The minimum absolute atomic E-state index is 0.0279. The summed E-state index contributed by atoms with van der Waals surface area (Å²) in [5, 5.41) is 0. The molecule has 0 N–H and O–H groups in total. The molecule has 1 aromatic carbocycles. The fourth-order valence-corrected chi connectivity index (χ4v) is 1.48. The molecule has 1 saturated heterocycles. The highest BCUT2D eigenvalue weighted by Crippen LogP contribution is 2.39. The normalized spacial score (nSPS) is 25.2. The average molecular weight is 188 g/mol. The largest absolute Gasteiger partial charge is 0.356 e. The molecular weight excluding hydrogens is 176 g/mol. The summed E-state index contributed by atoms with van der Waals surface area (Å²) in [6.45, 7) is 1.83. The quantitative estimate of drug-likeness (QED) is 0.538. The van der Waals surface area contributed by atoms with Crippen molar-refractivity contribution in [2.24, 2.45) is 0 Å². The summed E-state index contributed by atoms with van der Waals surface area (Å²) in [5.74, 6) is 0.0568. The van der Waals surface area contributed by atoms with E-state index >= 15 is 0 Å². The Balaban J connectivity index is 2.03. The maximum atomic E-state index is 11.4. The molecule has 2 heteroatoms. The Bertz CT molecular complexity index is 354. The van der Waals surface area contributed by atoms with E-state index in [9.17, 15) is 4.79 Å². The van der Waals surface area contributed by atoms with Crippen LogP contribution in [-0.2, 0) is 9.53 Å². The van der Waals surface area contributed by atoms with E-state index in [2.05, 4.69) is 0 Å². The van der Waals surface area contributed by atoms with Gasteiger partial charge in [0.1, 0.15) is 6.10 Å². The highest BCUT2D eigenvalue weighted by Gasteiger charge is 2.44. The highest BCUT2D eigenvalue weighted by atomic mass is 16.6. The Morgan fingerprint density at radius 3 is 2.71 bits per heavy atom. The molecule has 0 unspecified atom stereocenters. The molecule has 0 amide bonds. The zero-order valence-corrected chi connectivity index (χ0v) is 8.01. The molecule has 2 atom stereocenters. The Hall–Kier alpha value is -1.41. The molecule has 1 heterocycles. The standard InChI is InChI=1S/C12H12O2/c1-2-6-10(13)12-11(14-12)9-7-4-3-5-8-9/h2-8,11-12H,1H3/b6-2+/t11-,12-/m1/s1. The maximum Gasteiger partial charge on any atom is 0.187 e. The number of benzene rings is 1. The van der Waals surface area contributed by atoms with E-state index in [4.69, 9.17) is 4.74 Å². The Morgan fingerprint density at radius 2 is 2.07 bits per heavy atom. The molecule has 14 heavy (non-hydrogen) atoms. The van der Waals surface area contributed by atoms with E-state index in [0.29, 0.717) is 0 Å². The fraction of sp³-hybridized carbons (Fsp3) is 0.250. The van der Waals surface area contributed by atoms with E-state index < -0.39 is 0 Å². The SMILES string of the molecule is C/C=C/C(=O)[C@H]1O[C@@H]1c1ccccc1. The van der Waals surface area contributed by atoms with Crippen LogP contribution in [-0.4, -0.2) is 11.9 Å². The molecule has 1 aliphatic heterocycles. The Labute approximate surface area is 83.2 Å².